The normalized spacial score (nSPS) is 18.2. The first-order valence-electron chi connectivity index (χ1n) is 6.56. The van der Waals surface area contributed by atoms with Crippen molar-refractivity contribution in [2.24, 2.45) is 0 Å². The third-order valence-corrected chi connectivity index (χ3v) is 4.44. The second-order valence-electron chi connectivity index (χ2n) is 4.94. The van der Waals surface area contributed by atoms with Crippen molar-refractivity contribution in [3.8, 4) is 0 Å². The number of benzene rings is 1. The lowest BCUT2D eigenvalue weighted by Gasteiger charge is -2.24. The molecule has 18 heavy (non-hydrogen) atoms. The zero-order valence-corrected chi connectivity index (χ0v) is 12.3. The minimum Gasteiger partial charge on any atom is -0.311 e. The predicted octanol–water partition coefficient (Wildman–Crippen LogP) is 3.16. The number of halogens is 2. The Balaban J connectivity index is 1.79. The lowest BCUT2D eigenvalue weighted by Crippen LogP contribution is -2.38. The fraction of sp³-hybridized carbons (Fsp3) is 0.571. The minimum atomic E-state index is -0.193. The predicted molar refractivity (Wildman–Crippen MR) is 76.1 cm³/mol. The van der Waals surface area contributed by atoms with E-state index >= 15 is 0 Å². The van der Waals surface area contributed by atoms with E-state index in [1.807, 2.05) is 6.07 Å². The molecule has 0 aromatic heterocycles. The minimum absolute atomic E-state index is 0.193. The summed E-state index contributed by atoms with van der Waals surface area (Å²) in [6.07, 6.45) is 2.64. The maximum absolute atomic E-state index is 13.3. The Morgan fingerprint density at radius 3 is 2.83 bits per heavy atom. The quantitative estimate of drug-likeness (QED) is 0.898. The Morgan fingerprint density at radius 2 is 2.11 bits per heavy atom. The SMILES string of the molecule is CC(CNCc1cccc(F)c1Br)N1CCCC1. The summed E-state index contributed by atoms with van der Waals surface area (Å²) >= 11 is 3.29. The van der Waals surface area contributed by atoms with Crippen molar-refractivity contribution < 1.29 is 4.39 Å². The monoisotopic (exact) mass is 314 g/mol. The third-order valence-electron chi connectivity index (χ3n) is 3.55. The topological polar surface area (TPSA) is 15.3 Å². The Labute approximate surface area is 117 Å². The van der Waals surface area contributed by atoms with Gasteiger partial charge in [-0.2, -0.15) is 0 Å². The summed E-state index contributed by atoms with van der Waals surface area (Å²) in [6.45, 7) is 6.33. The molecule has 100 valence electrons. The van der Waals surface area contributed by atoms with Gasteiger partial charge in [0.2, 0.25) is 0 Å². The van der Waals surface area contributed by atoms with Crippen molar-refractivity contribution in [2.45, 2.75) is 32.4 Å². The fourth-order valence-corrected chi connectivity index (χ4v) is 2.82. The molecule has 1 unspecified atom stereocenters. The van der Waals surface area contributed by atoms with E-state index in [0.29, 0.717) is 17.1 Å². The Bertz CT molecular complexity index is 391. The van der Waals surface area contributed by atoms with Crippen LogP contribution in [0.25, 0.3) is 0 Å². The summed E-state index contributed by atoms with van der Waals surface area (Å²) in [6, 6.07) is 5.72. The molecule has 1 saturated heterocycles. The first kappa shape index (κ1) is 14.0. The van der Waals surface area contributed by atoms with Gasteiger partial charge in [0.05, 0.1) is 4.47 Å². The molecule has 0 spiro atoms. The number of rotatable bonds is 5. The lowest BCUT2D eigenvalue weighted by atomic mass is 10.2. The van der Waals surface area contributed by atoms with Crippen molar-refractivity contribution >= 4 is 15.9 Å². The van der Waals surface area contributed by atoms with Gasteiger partial charge in [-0.25, -0.2) is 4.39 Å². The zero-order valence-electron chi connectivity index (χ0n) is 10.8. The highest BCUT2D eigenvalue weighted by Crippen LogP contribution is 2.20. The van der Waals surface area contributed by atoms with Gasteiger partial charge in [-0.15, -0.1) is 0 Å². The molecule has 1 aromatic carbocycles. The highest BCUT2D eigenvalue weighted by molar-refractivity contribution is 9.10. The molecule has 2 nitrogen and oxygen atoms in total. The summed E-state index contributed by atoms with van der Waals surface area (Å²) in [5.41, 5.74) is 0.976. The standard InChI is InChI=1S/C14H20BrFN2/c1-11(18-7-2-3-8-18)9-17-10-12-5-4-6-13(16)14(12)15/h4-6,11,17H,2-3,7-10H2,1H3. The summed E-state index contributed by atoms with van der Waals surface area (Å²) in [5, 5.41) is 3.41. The summed E-state index contributed by atoms with van der Waals surface area (Å²) < 4.78 is 13.9. The molecule has 0 saturated carbocycles. The van der Waals surface area contributed by atoms with E-state index in [9.17, 15) is 4.39 Å². The van der Waals surface area contributed by atoms with Gasteiger partial charge in [-0.1, -0.05) is 12.1 Å². The van der Waals surface area contributed by atoms with Crippen molar-refractivity contribution in [3.63, 3.8) is 0 Å². The van der Waals surface area contributed by atoms with Crippen LogP contribution in [0.4, 0.5) is 4.39 Å². The van der Waals surface area contributed by atoms with Gasteiger partial charge in [0, 0.05) is 19.1 Å². The summed E-state index contributed by atoms with van der Waals surface area (Å²) in [7, 11) is 0. The molecule has 1 aliphatic rings. The van der Waals surface area contributed by atoms with E-state index in [1.165, 1.54) is 32.0 Å². The molecule has 1 fully saturated rings. The largest absolute Gasteiger partial charge is 0.311 e. The van der Waals surface area contributed by atoms with Gasteiger partial charge in [-0.3, -0.25) is 4.90 Å². The van der Waals surface area contributed by atoms with Gasteiger partial charge in [0.1, 0.15) is 5.82 Å². The first-order valence-corrected chi connectivity index (χ1v) is 7.35. The first-order chi connectivity index (χ1) is 8.68. The van der Waals surface area contributed by atoms with Crippen molar-refractivity contribution in [1.82, 2.24) is 10.2 Å². The van der Waals surface area contributed by atoms with Crippen LogP contribution in [0.1, 0.15) is 25.3 Å². The molecular formula is C14H20BrFN2. The van der Waals surface area contributed by atoms with Crippen LogP contribution in [0.15, 0.2) is 22.7 Å². The molecule has 0 aliphatic carbocycles. The van der Waals surface area contributed by atoms with Gasteiger partial charge < -0.3 is 5.32 Å². The maximum atomic E-state index is 13.3. The van der Waals surface area contributed by atoms with Crippen LogP contribution in [0, 0.1) is 5.82 Å². The number of nitrogens with zero attached hydrogens (tertiary/aromatic N) is 1. The van der Waals surface area contributed by atoms with Crippen LogP contribution in [-0.2, 0) is 6.54 Å². The summed E-state index contributed by atoms with van der Waals surface area (Å²) in [4.78, 5) is 2.51. The van der Waals surface area contributed by atoms with Crippen molar-refractivity contribution in [1.29, 1.82) is 0 Å². The average molecular weight is 315 g/mol. The number of hydrogen-bond acceptors (Lipinski definition) is 2. The van der Waals surface area contributed by atoms with Gasteiger partial charge in [0.25, 0.3) is 0 Å². The molecule has 1 heterocycles. The molecule has 0 bridgehead atoms. The van der Waals surface area contributed by atoms with Crippen molar-refractivity contribution in [2.75, 3.05) is 19.6 Å². The number of hydrogen-bond donors (Lipinski definition) is 1. The number of likely N-dealkylation sites (tertiary alicyclic amines) is 1. The molecule has 1 aliphatic heterocycles. The van der Waals surface area contributed by atoms with Gasteiger partial charge in [-0.05, 0) is 60.4 Å². The van der Waals surface area contributed by atoms with E-state index in [0.717, 1.165) is 12.1 Å². The van der Waals surface area contributed by atoms with Crippen LogP contribution < -0.4 is 5.32 Å². The smallest absolute Gasteiger partial charge is 0.137 e. The van der Waals surface area contributed by atoms with Crippen LogP contribution in [0.5, 0.6) is 0 Å². The molecule has 1 aromatic rings. The van der Waals surface area contributed by atoms with Crippen LogP contribution in [0.2, 0.25) is 0 Å². The molecule has 0 amide bonds. The van der Waals surface area contributed by atoms with E-state index < -0.39 is 0 Å². The van der Waals surface area contributed by atoms with Crippen LogP contribution in [0.3, 0.4) is 0 Å². The molecule has 1 atom stereocenters. The third kappa shape index (κ3) is 3.53. The van der Waals surface area contributed by atoms with Crippen LogP contribution in [-0.4, -0.2) is 30.6 Å². The van der Waals surface area contributed by atoms with E-state index in [1.54, 1.807) is 6.07 Å². The van der Waals surface area contributed by atoms with Gasteiger partial charge >= 0.3 is 0 Å². The zero-order chi connectivity index (χ0) is 13.0. The molecule has 0 radical (unpaired) electrons. The average Bonchev–Trinajstić information content (AvgIpc) is 2.88. The van der Waals surface area contributed by atoms with E-state index in [2.05, 4.69) is 33.1 Å². The second-order valence-corrected chi connectivity index (χ2v) is 5.73. The van der Waals surface area contributed by atoms with Crippen molar-refractivity contribution in [3.05, 3.63) is 34.1 Å². The van der Waals surface area contributed by atoms with E-state index in [4.69, 9.17) is 0 Å². The Morgan fingerprint density at radius 1 is 1.39 bits per heavy atom. The highest BCUT2D eigenvalue weighted by Gasteiger charge is 2.17. The second kappa shape index (κ2) is 6.64. The molecule has 1 N–H and O–H groups in total. The fourth-order valence-electron chi connectivity index (χ4n) is 2.41. The van der Waals surface area contributed by atoms with Gasteiger partial charge in [0.15, 0.2) is 0 Å². The summed E-state index contributed by atoms with van der Waals surface area (Å²) in [5.74, 6) is -0.193. The lowest BCUT2D eigenvalue weighted by molar-refractivity contribution is 0.251. The molecule has 2 rings (SSSR count). The highest BCUT2D eigenvalue weighted by atomic mass is 79.9. The van der Waals surface area contributed by atoms with Crippen LogP contribution >= 0.6 is 15.9 Å². The van der Waals surface area contributed by atoms with E-state index in [-0.39, 0.29) is 5.82 Å². The number of nitrogens with one attached hydrogen (secondary N) is 1. The Kier molecular flexibility index (Phi) is 5.15. The molecular weight excluding hydrogens is 295 g/mol. The molecule has 4 heteroatoms. The Hall–Kier alpha value is -0.450. The maximum Gasteiger partial charge on any atom is 0.137 e.